The second-order valence-corrected chi connectivity index (χ2v) is 4.23. The van der Waals surface area contributed by atoms with E-state index in [4.69, 9.17) is 25.5 Å². The van der Waals surface area contributed by atoms with Crippen molar-refractivity contribution in [2.24, 2.45) is 0 Å². The lowest BCUT2D eigenvalue weighted by Crippen LogP contribution is -2.39. The average Bonchev–Trinajstić information content (AvgIpc) is 2.46. The molecule has 9 heteroatoms. The molecule has 124 valence electrons. The van der Waals surface area contributed by atoms with Crippen LogP contribution in [-0.2, 0) is 9.59 Å². The van der Waals surface area contributed by atoms with Gasteiger partial charge in [-0.15, -0.1) is 0 Å². The van der Waals surface area contributed by atoms with Crippen molar-refractivity contribution in [3.05, 3.63) is 29.8 Å². The van der Waals surface area contributed by atoms with Crippen molar-refractivity contribution in [1.29, 1.82) is 0 Å². The predicted molar refractivity (Wildman–Crippen MR) is 74.3 cm³/mol. The van der Waals surface area contributed by atoms with Crippen LogP contribution >= 0.6 is 0 Å². The number of likely N-dealkylation sites (N-methyl/N-ethyl adjacent to an activating group) is 1. The Bertz CT molecular complexity index is 475. The van der Waals surface area contributed by atoms with Crippen LogP contribution in [-0.4, -0.2) is 68.4 Å². The number of rotatable bonds is 6. The van der Waals surface area contributed by atoms with E-state index in [1.165, 1.54) is 0 Å². The van der Waals surface area contributed by atoms with Crippen molar-refractivity contribution >= 4 is 11.9 Å². The van der Waals surface area contributed by atoms with Crippen LogP contribution in [0, 0.1) is 0 Å². The minimum Gasteiger partial charge on any atom is -0.508 e. The zero-order chi connectivity index (χ0) is 17.3. The third kappa shape index (κ3) is 6.99. The summed E-state index contributed by atoms with van der Waals surface area (Å²) >= 11 is 0. The quantitative estimate of drug-likeness (QED) is 0.331. The molecule has 0 saturated carbocycles. The Labute approximate surface area is 126 Å². The Hall–Kier alpha value is -2.20. The SMILES string of the molecule is CNCC(O)c1cccc(O)c1.O=C(O)C(O)C(O)C(=O)O. The summed E-state index contributed by atoms with van der Waals surface area (Å²) in [5, 5.41) is 53.9. The van der Waals surface area contributed by atoms with E-state index in [2.05, 4.69) is 5.32 Å². The predicted octanol–water partition coefficient (Wildman–Crippen LogP) is -1.48. The first-order chi connectivity index (χ1) is 10.2. The van der Waals surface area contributed by atoms with E-state index >= 15 is 0 Å². The average molecular weight is 317 g/mol. The molecule has 0 fully saturated rings. The highest BCUT2D eigenvalue weighted by Crippen LogP contribution is 2.17. The minimum atomic E-state index is -2.27. The van der Waals surface area contributed by atoms with Gasteiger partial charge in [0.1, 0.15) is 5.75 Å². The standard InChI is InChI=1S/C9H13NO2.C4H6O6/c1-10-6-9(12)7-3-2-4-8(11)5-7;5-1(3(7)8)2(6)4(9)10/h2-5,9-12H,6H2,1H3;1-2,5-6H,(H,7,8)(H,9,10). The fraction of sp³-hybridized carbons (Fsp3) is 0.385. The lowest BCUT2D eigenvalue weighted by Gasteiger charge is -2.09. The summed E-state index contributed by atoms with van der Waals surface area (Å²) < 4.78 is 0. The molecule has 0 radical (unpaired) electrons. The number of phenols is 1. The van der Waals surface area contributed by atoms with Crippen molar-refractivity contribution in [3.8, 4) is 5.75 Å². The first kappa shape index (κ1) is 19.8. The fourth-order valence-corrected chi connectivity index (χ4v) is 1.31. The highest BCUT2D eigenvalue weighted by molar-refractivity contribution is 5.83. The molecule has 0 bridgehead atoms. The molecule has 0 heterocycles. The van der Waals surface area contributed by atoms with Crippen LogP contribution in [0.2, 0.25) is 0 Å². The molecule has 1 rings (SSSR count). The molecule has 0 aliphatic heterocycles. The Balaban J connectivity index is 0.000000409. The summed E-state index contributed by atoms with van der Waals surface area (Å²) in [6.07, 6.45) is -5.09. The van der Waals surface area contributed by atoms with Gasteiger partial charge < -0.3 is 36.0 Å². The van der Waals surface area contributed by atoms with Crippen molar-refractivity contribution < 1.29 is 40.2 Å². The van der Waals surface area contributed by atoms with E-state index in [0.29, 0.717) is 6.54 Å². The summed E-state index contributed by atoms with van der Waals surface area (Å²) in [7, 11) is 1.77. The summed E-state index contributed by atoms with van der Waals surface area (Å²) in [5.74, 6) is -3.35. The number of aliphatic hydroxyl groups excluding tert-OH is 3. The molecular formula is C13H19NO8. The molecule has 0 aliphatic rings. The van der Waals surface area contributed by atoms with Crippen LogP contribution < -0.4 is 5.32 Å². The van der Waals surface area contributed by atoms with Crippen molar-refractivity contribution in [2.45, 2.75) is 18.3 Å². The number of phenolic OH excluding ortho intramolecular Hbond substituents is 1. The van der Waals surface area contributed by atoms with Gasteiger partial charge in [-0.3, -0.25) is 0 Å². The van der Waals surface area contributed by atoms with Gasteiger partial charge in [-0.1, -0.05) is 12.1 Å². The van der Waals surface area contributed by atoms with Gasteiger partial charge in [0.2, 0.25) is 0 Å². The molecule has 3 unspecified atom stereocenters. The van der Waals surface area contributed by atoms with Gasteiger partial charge in [0.15, 0.2) is 12.2 Å². The molecule has 1 aromatic rings. The van der Waals surface area contributed by atoms with Gasteiger partial charge in [0, 0.05) is 6.54 Å². The number of carbonyl (C=O) groups is 2. The molecule has 22 heavy (non-hydrogen) atoms. The highest BCUT2D eigenvalue weighted by Gasteiger charge is 2.29. The molecular weight excluding hydrogens is 298 g/mol. The fourth-order valence-electron chi connectivity index (χ4n) is 1.31. The number of nitrogens with one attached hydrogen (secondary N) is 1. The van der Waals surface area contributed by atoms with Gasteiger partial charge in [0.05, 0.1) is 6.10 Å². The summed E-state index contributed by atoms with van der Waals surface area (Å²) in [4.78, 5) is 19.5. The summed E-state index contributed by atoms with van der Waals surface area (Å²) in [6, 6.07) is 6.63. The number of benzene rings is 1. The maximum absolute atomic E-state index is 9.77. The lowest BCUT2D eigenvalue weighted by molar-refractivity contribution is -0.165. The number of aromatic hydroxyl groups is 1. The first-order valence-corrected chi connectivity index (χ1v) is 6.14. The van der Waals surface area contributed by atoms with Gasteiger partial charge in [-0.2, -0.15) is 0 Å². The highest BCUT2D eigenvalue weighted by atomic mass is 16.4. The normalized spacial score (nSPS) is 14.2. The Kier molecular flexibility index (Phi) is 8.72. The van der Waals surface area contributed by atoms with Crippen molar-refractivity contribution in [1.82, 2.24) is 5.32 Å². The van der Waals surface area contributed by atoms with Crippen LogP contribution in [0.5, 0.6) is 5.75 Å². The van der Waals surface area contributed by atoms with Crippen LogP contribution in [0.3, 0.4) is 0 Å². The number of aliphatic hydroxyl groups is 3. The van der Waals surface area contributed by atoms with E-state index < -0.39 is 30.3 Å². The van der Waals surface area contributed by atoms with E-state index in [9.17, 15) is 14.7 Å². The van der Waals surface area contributed by atoms with Crippen LogP contribution in [0.15, 0.2) is 24.3 Å². The van der Waals surface area contributed by atoms with Gasteiger partial charge in [-0.05, 0) is 24.7 Å². The Morgan fingerprint density at radius 3 is 1.95 bits per heavy atom. The summed E-state index contributed by atoms with van der Waals surface area (Å²) in [6.45, 7) is 0.490. The molecule has 0 aliphatic carbocycles. The van der Waals surface area contributed by atoms with E-state index in [-0.39, 0.29) is 5.75 Å². The Morgan fingerprint density at radius 2 is 1.59 bits per heavy atom. The maximum atomic E-state index is 9.77. The smallest absolute Gasteiger partial charge is 0.335 e. The number of aliphatic carboxylic acids is 2. The number of hydrogen-bond acceptors (Lipinski definition) is 7. The van der Waals surface area contributed by atoms with Crippen molar-refractivity contribution in [2.75, 3.05) is 13.6 Å². The third-order valence-corrected chi connectivity index (χ3v) is 2.46. The molecule has 7 N–H and O–H groups in total. The molecule has 0 aromatic heterocycles. The third-order valence-electron chi connectivity index (χ3n) is 2.46. The van der Waals surface area contributed by atoms with E-state index in [0.717, 1.165) is 5.56 Å². The molecule has 0 amide bonds. The number of hydrogen-bond donors (Lipinski definition) is 7. The topological polar surface area (TPSA) is 168 Å². The zero-order valence-corrected chi connectivity index (χ0v) is 11.7. The van der Waals surface area contributed by atoms with E-state index in [1.807, 2.05) is 0 Å². The van der Waals surface area contributed by atoms with Crippen LogP contribution in [0.4, 0.5) is 0 Å². The van der Waals surface area contributed by atoms with Gasteiger partial charge in [-0.25, -0.2) is 9.59 Å². The number of carboxylic acids is 2. The minimum absolute atomic E-state index is 0.183. The molecule has 9 nitrogen and oxygen atoms in total. The largest absolute Gasteiger partial charge is 0.508 e. The second-order valence-electron chi connectivity index (χ2n) is 4.23. The monoisotopic (exact) mass is 317 g/mol. The molecule has 1 aromatic carbocycles. The zero-order valence-electron chi connectivity index (χ0n) is 11.7. The van der Waals surface area contributed by atoms with Crippen LogP contribution in [0.1, 0.15) is 11.7 Å². The van der Waals surface area contributed by atoms with Crippen LogP contribution in [0.25, 0.3) is 0 Å². The molecule has 3 atom stereocenters. The maximum Gasteiger partial charge on any atom is 0.335 e. The van der Waals surface area contributed by atoms with Crippen molar-refractivity contribution in [3.63, 3.8) is 0 Å². The molecule has 0 spiro atoms. The van der Waals surface area contributed by atoms with Gasteiger partial charge in [0.25, 0.3) is 0 Å². The molecule has 0 saturated heterocycles. The lowest BCUT2D eigenvalue weighted by atomic mass is 10.1. The Morgan fingerprint density at radius 1 is 1.09 bits per heavy atom. The second kappa shape index (κ2) is 9.68. The van der Waals surface area contributed by atoms with E-state index in [1.54, 1.807) is 31.3 Å². The first-order valence-electron chi connectivity index (χ1n) is 6.14. The van der Waals surface area contributed by atoms with Gasteiger partial charge >= 0.3 is 11.9 Å². The summed E-state index contributed by atoms with van der Waals surface area (Å²) in [5.41, 5.74) is 0.726. The number of carboxylic acid groups (broad SMARTS) is 2.